The molecule has 2 amide bonds. The van der Waals surface area contributed by atoms with Crippen molar-refractivity contribution in [3.05, 3.63) is 0 Å². The zero-order valence-electron chi connectivity index (χ0n) is 10.4. The lowest BCUT2D eigenvalue weighted by atomic mass is 10.1. The van der Waals surface area contributed by atoms with Crippen molar-refractivity contribution in [2.75, 3.05) is 19.3 Å². The number of thioether (sulfide) groups is 1. The van der Waals surface area contributed by atoms with E-state index in [1.807, 2.05) is 11.8 Å². The van der Waals surface area contributed by atoms with Crippen molar-refractivity contribution in [1.29, 1.82) is 0 Å². The Labute approximate surface area is 107 Å². The van der Waals surface area contributed by atoms with Gasteiger partial charge in [-0.2, -0.15) is 11.8 Å². The fourth-order valence-electron chi connectivity index (χ4n) is 2.69. The molecule has 4 nitrogen and oxygen atoms in total. The van der Waals surface area contributed by atoms with Crippen LogP contribution in [0.2, 0.25) is 0 Å². The standard InChI is InChI=1S/C12H22N2O2S/c1-17-11-5-4-9(7-11)13-12(16)14-6-2-3-10(15)8-14/h9-11,15H,2-8H2,1H3,(H,13,16). The van der Waals surface area contributed by atoms with E-state index in [4.69, 9.17) is 0 Å². The van der Waals surface area contributed by atoms with Crippen LogP contribution in [0.25, 0.3) is 0 Å². The van der Waals surface area contributed by atoms with Gasteiger partial charge in [-0.1, -0.05) is 0 Å². The summed E-state index contributed by atoms with van der Waals surface area (Å²) in [7, 11) is 0. The summed E-state index contributed by atoms with van der Waals surface area (Å²) in [5.74, 6) is 0. The highest BCUT2D eigenvalue weighted by Crippen LogP contribution is 2.28. The Morgan fingerprint density at radius 2 is 2.24 bits per heavy atom. The molecule has 0 aromatic carbocycles. The first-order valence-electron chi connectivity index (χ1n) is 6.45. The summed E-state index contributed by atoms with van der Waals surface area (Å²) in [5, 5.41) is 13.3. The highest BCUT2D eigenvalue weighted by molar-refractivity contribution is 7.99. The normalized spacial score (nSPS) is 33.8. The number of β-amino-alcohol motifs (C(OH)–C–C–N with tert-alkyl or cyclic N) is 1. The number of urea groups is 1. The van der Waals surface area contributed by atoms with Crippen LogP contribution in [0.15, 0.2) is 0 Å². The summed E-state index contributed by atoms with van der Waals surface area (Å²) >= 11 is 1.89. The smallest absolute Gasteiger partial charge is 0.317 e. The van der Waals surface area contributed by atoms with Crippen molar-refractivity contribution in [2.24, 2.45) is 0 Å². The summed E-state index contributed by atoms with van der Waals surface area (Å²) in [6.07, 6.45) is 6.91. The zero-order valence-corrected chi connectivity index (χ0v) is 11.2. The third kappa shape index (κ3) is 3.52. The molecule has 2 aliphatic rings. The average molecular weight is 258 g/mol. The third-order valence-electron chi connectivity index (χ3n) is 3.73. The monoisotopic (exact) mass is 258 g/mol. The number of aliphatic hydroxyl groups is 1. The van der Waals surface area contributed by atoms with Gasteiger partial charge in [0.2, 0.25) is 0 Å². The minimum atomic E-state index is -0.336. The number of amides is 2. The molecule has 1 saturated carbocycles. The largest absolute Gasteiger partial charge is 0.391 e. The maximum absolute atomic E-state index is 12.0. The van der Waals surface area contributed by atoms with E-state index in [0.717, 1.165) is 32.2 Å². The second kappa shape index (κ2) is 5.96. The lowest BCUT2D eigenvalue weighted by Crippen LogP contribution is -2.49. The molecule has 2 fully saturated rings. The van der Waals surface area contributed by atoms with Crippen LogP contribution in [0, 0.1) is 0 Å². The van der Waals surface area contributed by atoms with Gasteiger partial charge in [0.15, 0.2) is 0 Å². The van der Waals surface area contributed by atoms with Gasteiger partial charge < -0.3 is 15.3 Å². The summed E-state index contributed by atoms with van der Waals surface area (Å²) in [4.78, 5) is 13.7. The molecule has 1 saturated heterocycles. The van der Waals surface area contributed by atoms with Gasteiger partial charge in [-0.15, -0.1) is 0 Å². The molecule has 2 rings (SSSR count). The predicted octanol–water partition coefficient (Wildman–Crippen LogP) is 1.44. The topological polar surface area (TPSA) is 52.6 Å². The van der Waals surface area contributed by atoms with E-state index >= 15 is 0 Å². The minimum absolute atomic E-state index is 0.00973. The average Bonchev–Trinajstić information content (AvgIpc) is 2.77. The summed E-state index contributed by atoms with van der Waals surface area (Å²) in [5.41, 5.74) is 0. The number of rotatable bonds is 2. The molecule has 2 N–H and O–H groups in total. The fraction of sp³-hybridized carbons (Fsp3) is 0.917. The van der Waals surface area contributed by atoms with Crippen LogP contribution in [0.1, 0.15) is 32.1 Å². The minimum Gasteiger partial charge on any atom is -0.391 e. The third-order valence-corrected chi connectivity index (χ3v) is 4.82. The van der Waals surface area contributed by atoms with Gasteiger partial charge in [0.25, 0.3) is 0 Å². The Morgan fingerprint density at radius 1 is 1.41 bits per heavy atom. The highest BCUT2D eigenvalue weighted by atomic mass is 32.2. The second-order valence-electron chi connectivity index (χ2n) is 5.06. The molecule has 3 unspecified atom stereocenters. The molecule has 0 bridgehead atoms. The van der Waals surface area contributed by atoms with Crippen LogP contribution >= 0.6 is 11.8 Å². The quantitative estimate of drug-likeness (QED) is 0.788. The van der Waals surface area contributed by atoms with E-state index < -0.39 is 0 Å². The van der Waals surface area contributed by atoms with Crippen molar-refractivity contribution in [1.82, 2.24) is 10.2 Å². The molecule has 1 heterocycles. The number of carbonyl (C=O) groups excluding carboxylic acids is 1. The molecule has 1 aliphatic carbocycles. The van der Waals surface area contributed by atoms with Gasteiger partial charge >= 0.3 is 6.03 Å². The SMILES string of the molecule is CSC1CCC(NC(=O)N2CCCC(O)C2)C1. The van der Waals surface area contributed by atoms with E-state index in [2.05, 4.69) is 11.6 Å². The van der Waals surface area contributed by atoms with Gasteiger partial charge in [0.05, 0.1) is 6.10 Å². The molecule has 0 aromatic heterocycles. The van der Waals surface area contributed by atoms with Gasteiger partial charge in [-0.3, -0.25) is 0 Å². The first kappa shape index (κ1) is 13.0. The highest BCUT2D eigenvalue weighted by Gasteiger charge is 2.28. The first-order chi connectivity index (χ1) is 8.19. The Kier molecular flexibility index (Phi) is 4.56. The molecule has 17 heavy (non-hydrogen) atoms. The maximum atomic E-state index is 12.0. The molecule has 0 radical (unpaired) electrons. The molecule has 98 valence electrons. The number of aliphatic hydroxyl groups excluding tert-OH is 1. The van der Waals surface area contributed by atoms with Crippen molar-refractivity contribution in [2.45, 2.75) is 49.5 Å². The number of hydrogen-bond donors (Lipinski definition) is 2. The fourth-order valence-corrected chi connectivity index (χ4v) is 3.49. The molecular formula is C12H22N2O2S. The molecule has 5 heteroatoms. The van der Waals surface area contributed by atoms with Crippen molar-refractivity contribution in [3.8, 4) is 0 Å². The van der Waals surface area contributed by atoms with E-state index in [-0.39, 0.29) is 12.1 Å². The van der Waals surface area contributed by atoms with E-state index in [9.17, 15) is 9.90 Å². The van der Waals surface area contributed by atoms with Crippen LogP contribution in [0.4, 0.5) is 4.79 Å². The molecule has 0 aromatic rings. The predicted molar refractivity (Wildman–Crippen MR) is 70.3 cm³/mol. The second-order valence-corrected chi connectivity index (χ2v) is 6.20. The summed E-state index contributed by atoms with van der Waals surface area (Å²) in [6, 6.07) is 0.342. The number of hydrogen-bond acceptors (Lipinski definition) is 3. The number of likely N-dealkylation sites (tertiary alicyclic amines) is 1. The van der Waals surface area contributed by atoms with E-state index in [1.54, 1.807) is 4.90 Å². The molecule has 1 aliphatic heterocycles. The lowest BCUT2D eigenvalue weighted by Gasteiger charge is -2.31. The van der Waals surface area contributed by atoms with E-state index in [1.165, 1.54) is 6.42 Å². The summed E-state index contributed by atoms with van der Waals surface area (Å²) in [6.45, 7) is 1.27. The Balaban J connectivity index is 1.77. The van der Waals surface area contributed by atoms with Crippen molar-refractivity contribution >= 4 is 17.8 Å². The number of nitrogens with zero attached hydrogens (tertiary/aromatic N) is 1. The van der Waals surface area contributed by atoms with Crippen molar-refractivity contribution in [3.63, 3.8) is 0 Å². The Bertz CT molecular complexity index is 275. The maximum Gasteiger partial charge on any atom is 0.317 e. The van der Waals surface area contributed by atoms with Crippen LogP contribution in [-0.4, -0.2) is 52.8 Å². The van der Waals surface area contributed by atoms with Gasteiger partial charge in [-0.05, 0) is 38.4 Å². The summed E-state index contributed by atoms with van der Waals surface area (Å²) < 4.78 is 0. The number of nitrogens with one attached hydrogen (secondary N) is 1. The number of carbonyl (C=O) groups is 1. The lowest BCUT2D eigenvalue weighted by molar-refractivity contribution is 0.0834. The van der Waals surface area contributed by atoms with E-state index in [0.29, 0.717) is 17.8 Å². The van der Waals surface area contributed by atoms with Crippen LogP contribution in [0.5, 0.6) is 0 Å². The van der Waals surface area contributed by atoms with Crippen molar-refractivity contribution < 1.29 is 9.90 Å². The Hall–Kier alpha value is -0.420. The zero-order chi connectivity index (χ0) is 12.3. The molecular weight excluding hydrogens is 236 g/mol. The van der Waals surface area contributed by atoms with Crippen LogP contribution in [-0.2, 0) is 0 Å². The van der Waals surface area contributed by atoms with Gasteiger partial charge in [0, 0.05) is 24.4 Å². The number of piperidine rings is 1. The first-order valence-corrected chi connectivity index (χ1v) is 7.74. The van der Waals surface area contributed by atoms with Gasteiger partial charge in [0.1, 0.15) is 0 Å². The molecule has 3 atom stereocenters. The van der Waals surface area contributed by atoms with Crippen LogP contribution < -0.4 is 5.32 Å². The van der Waals surface area contributed by atoms with Gasteiger partial charge in [-0.25, -0.2) is 4.79 Å². The Morgan fingerprint density at radius 3 is 2.88 bits per heavy atom. The van der Waals surface area contributed by atoms with Crippen LogP contribution in [0.3, 0.4) is 0 Å². The molecule has 0 spiro atoms.